The highest BCUT2D eigenvalue weighted by Gasteiger charge is 2.17. The molecule has 14 heavy (non-hydrogen) atoms. The van der Waals surface area contributed by atoms with Gasteiger partial charge < -0.3 is 0 Å². The lowest BCUT2D eigenvalue weighted by molar-refractivity contribution is 0.604. The van der Waals surface area contributed by atoms with E-state index in [4.69, 9.17) is 0 Å². The Kier molecular flexibility index (Phi) is 2.44. The van der Waals surface area contributed by atoms with Crippen LogP contribution in [0, 0.1) is 0 Å². The molecule has 0 fully saturated rings. The summed E-state index contributed by atoms with van der Waals surface area (Å²) in [6, 6.07) is 4.71. The van der Waals surface area contributed by atoms with E-state index in [1.807, 2.05) is 22.7 Å². The van der Waals surface area contributed by atoms with E-state index in [0.717, 1.165) is 6.42 Å². The molecule has 0 unspecified atom stereocenters. The zero-order valence-corrected chi connectivity index (χ0v) is 10.8. The number of rotatable bonds is 1. The summed E-state index contributed by atoms with van der Waals surface area (Å²) in [6.45, 7) is 9.06. The molecule has 76 valence electrons. The monoisotopic (exact) mass is 224 g/mol. The van der Waals surface area contributed by atoms with Gasteiger partial charge in [-0.3, -0.25) is 0 Å². The van der Waals surface area contributed by atoms with E-state index in [9.17, 15) is 0 Å². The molecule has 0 amide bonds. The maximum atomic E-state index is 2.36. The number of fused-ring (bicyclic) bond motifs is 1. The topological polar surface area (TPSA) is 0 Å². The minimum Gasteiger partial charge on any atom is -0.139 e. The lowest BCUT2D eigenvalue weighted by Crippen LogP contribution is -2.07. The van der Waals surface area contributed by atoms with Crippen LogP contribution in [0.15, 0.2) is 12.1 Å². The lowest BCUT2D eigenvalue weighted by Gasteiger charge is -2.14. The van der Waals surface area contributed by atoms with Crippen molar-refractivity contribution >= 4 is 32.1 Å². The van der Waals surface area contributed by atoms with Crippen molar-refractivity contribution in [1.82, 2.24) is 0 Å². The molecule has 0 spiro atoms. The lowest BCUT2D eigenvalue weighted by atomic mass is 9.95. The molecule has 0 aromatic carbocycles. The fourth-order valence-corrected chi connectivity index (χ4v) is 3.85. The number of thiophene rings is 2. The van der Waals surface area contributed by atoms with Crippen molar-refractivity contribution in [1.29, 1.82) is 0 Å². The summed E-state index contributed by atoms with van der Waals surface area (Å²) < 4.78 is 2.94. The zero-order valence-electron chi connectivity index (χ0n) is 9.18. The van der Waals surface area contributed by atoms with Gasteiger partial charge in [0.2, 0.25) is 0 Å². The van der Waals surface area contributed by atoms with Crippen LogP contribution >= 0.6 is 22.7 Å². The van der Waals surface area contributed by atoms with Crippen LogP contribution in [0.1, 0.15) is 37.4 Å². The molecule has 2 heteroatoms. The van der Waals surface area contributed by atoms with Gasteiger partial charge in [-0.05, 0) is 24.0 Å². The Morgan fingerprint density at radius 1 is 1.07 bits per heavy atom. The molecule has 0 nitrogen and oxygen atoms in total. The Morgan fingerprint density at radius 3 is 2.21 bits per heavy atom. The van der Waals surface area contributed by atoms with Gasteiger partial charge in [-0.15, -0.1) is 22.7 Å². The molecular formula is C12H16S2. The third-order valence-corrected chi connectivity index (χ3v) is 5.21. The molecule has 0 aliphatic rings. The third kappa shape index (κ3) is 1.73. The Bertz CT molecular complexity index is 409. The van der Waals surface area contributed by atoms with Gasteiger partial charge in [0.25, 0.3) is 0 Å². The maximum absolute atomic E-state index is 2.36. The molecule has 2 rings (SSSR count). The summed E-state index contributed by atoms with van der Waals surface area (Å²) in [5.74, 6) is 0. The largest absolute Gasteiger partial charge is 0.139 e. The van der Waals surface area contributed by atoms with Gasteiger partial charge in [0.15, 0.2) is 0 Å². The molecule has 0 saturated carbocycles. The molecule has 0 bridgehead atoms. The summed E-state index contributed by atoms with van der Waals surface area (Å²) in [5, 5.41) is 0. The zero-order chi connectivity index (χ0) is 10.3. The number of aryl methyl sites for hydroxylation is 1. The molecule has 0 aliphatic carbocycles. The van der Waals surface area contributed by atoms with E-state index in [2.05, 4.69) is 39.8 Å². The predicted molar refractivity (Wildman–Crippen MR) is 67.8 cm³/mol. The van der Waals surface area contributed by atoms with Crippen molar-refractivity contribution in [3.63, 3.8) is 0 Å². The quantitative estimate of drug-likeness (QED) is 0.651. The van der Waals surface area contributed by atoms with Crippen LogP contribution < -0.4 is 0 Å². The van der Waals surface area contributed by atoms with Crippen molar-refractivity contribution in [3.05, 3.63) is 21.9 Å². The second kappa shape index (κ2) is 3.35. The van der Waals surface area contributed by atoms with Crippen molar-refractivity contribution in [2.75, 3.05) is 0 Å². The van der Waals surface area contributed by atoms with E-state index in [0.29, 0.717) is 5.41 Å². The maximum Gasteiger partial charge on any atom is 0.0456 e. The predicted octanol–water partition coefficient (Wildman–Crippen LogP) is 4.82. The first kappa shape index (κ1) is 10.2. The fraction of sp³-hybridized carbons (Fsp3) is 0.500. The van der Waals surface area contributed by atoms with Crippen LogP contribution in [0.2, 0.25) is 0 Å². The summed E-state index contributed by atoms with van der Waals surface area (Å²) in [7, 11) is 0. The third-order valence-electron chi connectivity index (χ3n) is 2.35. The summed E-state index contributed by atoms with van der Waals surface area (Å²) >= 11 is 3.90. The molecule has 0 saturated heterocycles. The highest BCUT2D eigenvalue weighted by Crippen LogP contribution is 2.38. The van der Waals surface area contributed by atoms with E-state index in [1.165, 1.54) is 19.2 Å². The second-order valence-electron chi connectivity index (χ2n) is 4.66. The van der Waals surface area contributed by atoms with Gasteiger partial charge in [0.05, 0.1) is 0 Å². The summed E-state index contributed by atoms with van der Waals surface area (Å²) in [6.07, 6.45) is 1.16. The first-order valence-corrected chi connectivity index (χ1v) is 6.66. The van der Waals surface area contributed by atoms with Gasteiger partial charge in [-0.2, -0.15) is 0 Å². The Morgan fingerprint density at radius 2 is 1.71 bits per heavy atom. The van der Waals surface area contributed by atoms with Gasteiger partial charge in [-0.25, -0.2) is 0 Å². The van der Waals surface area contributed by atoms with Gasteiger partial charge in [0, 0.05) is 19.2 Å². The Balaban J connectivity index is 2.49. The Labute approximate surface area is 93.6 Å². The highest BCUT2D eigenvalue weighted by atomic mass is 32.1. The number of hydrogen-bond donors (Lipinski definition) is 0. The van der Waals surface area contributed by atoms with Gasteiger partial charge >= 0.3 is 0 Å². The molecule has 2 aromatic heterocycles. The average molecular weight is 224 g/mol. The van der Waals surface area contributed by atoms with Crippen LogP contribution in [-0.2, 0) is 11.8 Å². The van der Waals surface area contributed by atoms with E-state index in [1.54, 1.807) is 0 Å². The van der Waals surface area contributed by atoms with E-state index >= 15 is 0 Å². The average Bonchev–Trinajstić information content (AvgIpc) is 2.56. The summed E-state index contributed by atoms with van der Waals surface area (Å²) in [5.41, 5.74) is 0.301. The molecule has 0 radical (unpaired) electrons. The van der Waals surface area contributed by atoms with Crippen molar-refractivity contribution < 1.29 is 0 Å². The first-order chi connectivity index (χ1) is 6.50. The van der Waals surface area contributed by atoms with Crippen molar-refractivity contribution in [2.45, 2.75) is 39.5 Å². The molecule has 2 heterocycles. The molecule has 0 atom stereocenters. The standard InChI is InChI=1S/C12H16S2/c1-5-8-6-9-10(13-8)7-11(14-9)12(2,3)4/h6-7H,5H2,1-4H3. The fourth-order valence-electron chi connectivity index (χ4n) is 1.43. The van der Waals surface area contributed by atoms with Crippen LogP contribution in [0.3, 0.4) is 0 Å². The van der Waals surface area contributed by atoms with Crippen LogP contribution in [0.4, 0.5) is 0 Å². The minimum atomic E-state index is 0.301. The second-order valence-corrected chi connectivity index (χ2v) is 6.91. The van der Waals surface area contributed by atoms with Crippen molar-refractivity contribution in [2.24, 2.45) is 0 Å². The van der Waals surface area contributed by atoms with E-state index < -0.39 is 0 Å². The smallest absolute Gasteiger partial charge is 0.0456 e. The molecule has 0 aliphatic heterocycles. The minimum absolute atomic E-state index is 0.301. The molecule has 0 N–H and O–H groups in total. The SMILES string of the molecule is CCc1cc2sc(C(C)(C)C)cc2s1. The normalized spacial score (nSPS) is 12.6. The first-order valence-electron chi connectivity index (χ1n) is 5.03. The van der Waals surface area contributed by atoms with E-state index in [-0.39, 0.29) is 0 Å². The molecule has 2 aromatic rings. The highest BCUT2D eigenvalue weighted by molar-refractivity contribution is 7.27. The van der Waals surface area contributed by atoms with Crippen LogP contribution in [0.25, 0.3) is 9.40 Å². The summed E-state index contributed by atoms with van der Waals surface area (Å²) in [4.78, 5) is 3.01. The Hall–Kier alpha value is -0.340. The van der Waals surface area contributed by atoms with Gasteiger partial charge in [-0.1, -0.05) is 27.7 Å². The van der Waals surface area contributed by atoms with Crippen LogP contribution in [0.5, 0.6) is 0 Å². The van der Waals surface area contributed by atoms with Crippen LogP contribution in [-0.4, -0.2) is 0 Å². The molecular weight excluding hydrogens is 208 g/mol. The number of hydrogen-bond acceptors (Lipinski definition) is 2. The van der Waals surface area contributed by atoms with Crippen molar-refractivity contribution in [3.8, 4) is 0 Å². The van der Waals surface area contributed by atoms with Gasteiger partial charge in [0.1, 0.15) is 0 Å².